The van der Waals surface area contributed by atoms with Crippen LogP contribution in [-0.2, 0) is 10.0 Å². The van der Waals surface area contributed by atoms with E-state index in [1.54, 1.807) is 0 Å². The molecule has 1 aliphatic heterocycles. The summed E-state index contributed by atoms with van der Waals surface area (Å²) < 4.78 is 25.8. The second-order valence-electron chi connectivity index (χ2n) is 4.75. The van der Waals surface area contributed by atoms with Crippen molar-refractivity contribution in [2.75, 3.05) is 18.8 Å². The van der Waals surface area contributed by atoms with Crippen molar-refractivity contribution in [1.82, 2.24) is 10.0 Å². The lowest BCUT2D eigenvalue weighted by molar-refractivity contribution is 0.140. The van der Waals surface area contributed by atoms with Gasteiger partial charge in [-0.05, 0) is 38.1 Å². The van der Waals surface area contributed by atoms with Gasteiger partial charge in [-0.3, -0.25) is 0 Å². The van der Waals surface area contributed by atoms with Gasteiger partial charge in [-0.25, -0.2) is 13.1 Å². The Morgan fingerprint density at radius 1 is 1.47 bits per heavy atom. The third kappa shape index (κ3) is 2.19. The molecule has 0 bridgehead atoms. The lowest BCUT2D eigenvalue weighted by Gasteiger charge is -2.45. The molecule has 2 unspecified atom stereocenters. The van der Waals surface area contributed by atoms with Gasteiger partial charge in [-0.2, -0.15) is 0 Å². The van der Waals surface area contributed by atoms with Crippen molar-refractivity contribution in [3.63, 3.8) is 0 Å². The summed E-state index contributed by atoms with van der Waals surface area (Å²) in [5.74, 6) is 0.940. The van der Waals surface area contributed by atoms with Crippen molar-refractivity contribution in [2.45, 2.75) is 38.1 Å². The van der Waals surface area contributed by atoms with Crippen molar-refractivity contribution in [1.29, 1.82) is 0 Å². The van der Waals surface area contributed by atoms with Crippen molar-refractivity contribution in [3.8, 4) is 0 Å². The predicted molar refractivity (Wildman–Crippen MR) is 60.2 cm³/mol. The van der Waals surface area contributed by atoms with Crippen LogP contribution in [0.25, 0.3) is 0 Å². The first kappa shape index (κ1) is 11.4. The summed E-state index contributed by atoms with van der Waals surface area (Å²) in [7, 11) is -3.04. The maximum Gasteiger partial charge on any atom is 0.211 e. The molecule has 1 saturated carbocycles. The maximum atomic E-state index is 11.5. The van der Waals surface area contributed by atoms with Crippen LogP contribution in [0.15, 0.2) is 0 Å². The molecule has 0 aromatic carbocycles. The van der Waals surface area contributed by atoms with Gasteiger partial charge >= 0.3 is 0 Å². The van der Waals surface area contributed by atoms with E-state index in [-0.39, 0.29) is 11.3 Å². The molecule has 4 nitrogen and oxygen atoms in total. The Balaban J connectivity index is 1.88. The number of nitrogens with one attached hydrogen (secondary N) is 2. The molecule has 2 rings (SSSR count). The van der Waals surface area contributed by atoms with Crippen molar-refractivity contribution in [2.24, 2.45) is 5.92 Å². The molecule has 1 aliphatic carbocycles. The van der Waals surface area contributed by atoms with E-state index in [1.807, 2.05) is 6.92 Å². The second kappa shape index (κ2) is 4.03. The number of rotatable bonds is 5. The zero-order chi connectivity index (χ0) is 10.9. The average molecular weight is 232 g/mol. The van der Waals surface area contributed by atoms with Crippen LogP contribution < -0.4 is 10.0 Å². The Bertz CT molecular complexity index is 328. The van der Waals surface area contributed by atoms with Gasteiger partial charge in [0, 0.05) is 12.1 Å². The highest BCUT2D eigenvalue weighted by atomic mass is 32.2. The van der Waals surface area contributed by atoms with Crippen molar-refractivity contribution < 1.29 is 8.42 Å². The maximum absolute atomic E-state index is 11.5. The lowest BCUT2D eigenvalue weighted by Crippen LogP contribution is -2.59. The molecular formula is C10H20N2O2S. The molecule has 15 heavy (non-hydrogen) atoms. The molecule has 0 aromatic heterocycles. The topological polar surface area (TPSA) is 58.2 Å². The molecule has 2 N–H and O–H groups in total. The molecule has 0 aromatic rings. The van der Waals surface area contributed by atoms with Crippen LogP contribution in [0.5, 0.6) is 0 Å². The van der Waals surface area contributed by atoms with Gasteiger partial charge < -0.3 is 5.32 Å². The Labute approximate surface area is 91.9 Å². The number of fused-ring (bicyclic) bond motifs is 1. The minimum atomic E-state index is -3.04. The normalized spacial score (nSPS) is 34.9. The summed E-state index contributed by atoms with van der Waals surface area (Å²) in [5.41, 5.74) is 0.0980. The number of hydrogen-bond donors (Lipinski definition) is 2. The van der Waals surface area contributed by atoms with E-state index in [2.05, 4.69) is 10.0 Å². The second-order valence-corrected chi connectivity index (χ2v) is 6.67. The molecule has 2 aliphatic rings. The molecule has 2 atom stereocenters. The summed E-state index contributed by atoms with van der Waals surface area (Å²) in [6, 6.07) is 0. The van der Waals surface area contributed by atoms with Crippen LogP contribution in [-0.4, -0.2) is 32.8 Å². The Kier molecular flexibility index (Phi) is 3.05. The van der Waals surface area contributed by atoms with E-state index in [0.717, 1.165) is 13.0 Å². The number of hydrogen-bond acceptors (Lipinski definition) is 3. The molecule has 0 spiro atoms. The summed E-state index contributed by atoms with van der Waals surface area (Å²) >= 11 is 0. The van der Waals surface area contributed by atoms with Crippen LogP contribution in [0, 0.1) is 5.92 Å². The lowest BCUT2D eigenvalue weighted by atomic mass is 9.68. The average Bonchev–Trinajstić information content (AvgIpc) is 2.41. The quantitative estimate of drug-likeness (QED) is 0.724. The van der Waals surface area contributed by atoms with E-state index in [9.17, 15) is 8.42 Å². The smallest absolute Gasteiger partial charge is 0.211 e. The van der Waals surface area contributed by atoms with Crippen LogP contribution >= 0.6 is 0 Å². The van der Waals surface area contributed by atoms with Gasteiger partial charge in [-0.1, -0.05) is 6.92 Å². The fourth-order valence-corrected chi connectivity index (χ4v) is 3.88. The Hall–Kier alpha value is -0.130. The molecule has 0 amide bonds. The highest BCUT2D eigenvalue weighted by Gasteiger charge is 2.49. The minimum absolute atomic E-state index is 0.0980. The molecule has 2 fully saturated rings. The summed E-state index contributed by atoms with van der Waals surface area (Å²) in [6.45, 7) is 3.51. The molecule has 0 radical (unpaired) electrons. The number of sulfonamides is 1. The molecular weight excluding hydrogens is 212 g/mol. The predicted octanol–water partition coefficient (Wildman–Crippen LogP) is 0.458. The summed E-state index contributed by atoms with van der Waals surface area (Å²) in [6.07, 6.45) is 4.25. The molecule has 88 valence electrons. The third-order valence-electron chi connectivity index (χ3n) is 3.77. The summed E-state index contributed by atoms with van der Waals surface area (Å²) in [5, 5.41) is 3.46. The third-order valence-corrected chi connectivity index (χ3v) is 5.30. The van der Waals surface area contributed by atoms with E-state index < -0.39 is 10.0 Å². The zero-order valence-electron chi connectivity index (χ0n) is 9.25. The standard InChI is InChI=1S/C10H20N2O2S/c1-2-7-15(13,14)12-8-10-5-3-9(10)4-6-11-10/h9,11-12H,2-8H2,1H3. The highest BCUT2D eigenvalue weighted by Crippen LogP contribution is 2.43. The van der Waals surface area contributed by atoms with Gasteiger partial charge in [-0.15, -0.1) is 0 Å². The zero-order valence-corrected chi connectivity index (χ0v) is 10.1. The van der Waals surface area contributed by atoms with Gasteiger partial charge in [0.05, 0.1) is 5.75 Å². The first-order valence-corrected chi connectivity index (χ1v) is 7.45. The highest BCUT2D eigenvalue weighted by molar-refractivity contribution is 7.89. The largest absolute Gasteiger partial charge is 0.310 e. The van der Waals surface area contributed by atoms with E-state index in [1.165, 1.54) is 12.8 Å². The monoisotopic (exact) mass is 232 g/mol. The van der Waals surface area contributed by atoms with Crippen molar-refractivity contribution >= 4 is 10.0 Å². The minimum Gasteiger partial charge on any atom is -0.310 e. The van der Waals surface area contributed by atoms with Gasteiger partial charge in [0.1, 0.15) is 0 Å². The van der Waals surface area contributed by atoms with Gasteiger partial charge in [0.2, 0.25) is 10.0 Å². The van der Waals surface area contributed by atoms with E-state index in [4.69, 9.17) is 0 Å². The van der Waals surface area contributed by atoms with Crippen LogP contribution in [0.1, 0.15) is 32.6 Å². The van der Waals surface area contributed by atoms with Crippen LogP contribution in [0.3, 0.4) is 0 Å². The molecule has 5 heteroatoms. The van der Waals surface area contributed by atoms with Gasteiger partial charge in [0.15, 0.2) is 0 Å². The fraction of sp³-hybridized carbons (Fsp3) is 1.00. The molecule has 1 heterocycles. The van der Waals surface area contributed by atoms with Crippen molar-refractivity contribution in [3.05, 3.63) is 0 Å². The Morgan fingerprint density at radius 3 is 2.80 bits per heavy atom. The van der Waals surface area contributed by atoms with Crippen LogP contribution in [0.4, 0.5) is 0 Å². The van der Waals surface area contributed by atoms with Gasteiger partial charge in [0.25, 0.3) is 0 Å². The first-order chi connectivity index (χ1) is 7.08. The fourth-order valence-electron chi connectivity index (χ4n) is 2.72. The Morgan fingerprint density at radius 2 is 2.27 bits per heavy atom. The first-order valence-electron chi connectivity index (χ1n) is 5.80. The van der Waals surface area contributed by atoms with E-state index >= 15 is 0 Å². The van der Waals surface area contributed by atoms with Crippen LogP contribution in [0.2, 0.25) is 0 Å². The SMILES string of the molecule is CCCS(=O)(=O)NCC12CCC1CCN2. The van der Waals surface area contributed by atoms with E-state index in [0.29, 0.717) is 18.9 Å². The summed E-state index contributed by atoms with van der Waals surface area (Å²) in [4.78, 5) is 0. The molecule has 1 saturated heterocycles.